The van der Waals surface area contributed by atoms with Crippen LogP contribution in [-0.4, -0.2) is 128 Å². The number of sulfonamides is 1. The Morgan fingerprint density at radius 2 is 1.78 bits per heavy atom. The van der Waals surface area contributed by atoms with E-state index in [9.17, 15) is 32.4 Å². The molecule has 0 radical (unpaired) electrons. The van der Waals surface area contributed by atoms with Gasteiger partial charge in [0.15, 0.2) is 5.13 Å². The van der Waals surface area contributed by atoms with E-state index in [-0.39, 0.29) is 57.4 Å². The van der Waals surface area contributed by atoms with E-state index in [0.29, 0.717) is 38.9 Å². The number of ether oxygens (including phenoxy) is 5. The molecule has 2 aromatic carbocycles. The number of fused-ring (bicyclic) bond motifs is 1. The number of para-hydroxylation sites is 1. The zero-order valence-corrected chi connectivity index (χ0v) is 39.6. The van der Waals surface area contributed by atoms with Gasteiger partial charge in [-0.15, -0.1) is 17.9 Å². The summed E-state index contributed by atoms with van der Waals surface area (Å²) in [6.45, 7) is 12.2. The van der Waals surface area contributed by atoms with Crippen LogP contribution < -0.4 is 30.1 Å². The number of nitrogens with zero attached hydrogens (tertiary/aromatic N) is 3. The summed E-state index contributed by atoms with van der Waals surface area (Å²) in [7, 11) is -3.13. The second-order valence-electron chi connectivity index (χ2n) is 17.1. The lowest BCUT2D eigenvalue weighted by Crippen LogP contribution is -2.56. The largest absolute Gasteiger partial charge is 0.497 e. The summed E-state index contributed by atoms with van der Waals surface area (Å²) >= 11 is 1.43. The van der Waals surface area contributed by atoms with Gasteiger partial charge < -0.3 is 44.7 Å². The highest BCUT2D eigenvalue weighted by molar-refractivity contribution is 7.90. The lowest BCUT2D eigenvalue weighted by Gasteiger charge is -2.29. The number of methoxy groups -OCH3 is 1. The van der Waals surface area contributed by atoms with Crippen molar-refractivity contribution in [2.75, 3.05) is 50.7 Å². The van der Waals surface area contributed by atoms with Gasteiger partial charge in [-0.1, -0.05) is 18.2 Å². The van der Waals surface area contributed by atoms with Gasteiger partial charge in [-0.2, -0.15) is 0 Å². The lowest BCUT2D eigenvalue weighted by molar-refractivity contribution is -0.138. The third-order valence-electron chi connectivity index (χ3n) is 10.4. The van der Waals surface area contributed by atoms with E-state index in [1.165, 1.54) is 46.6 Å². The first-order chi connectivity index (χ1) is 31.7. The van der Waals surface area contributed by atoms with E-state index in [1.54, 1.807) is 52.1 Å². The molecule has 1 saturated carbocycles. The van der Waals surface area contributed by atoms with Crippen LogP contribution in [0.5, 0.6) is 11.5 Å². The number of anilines is 2. The third-order valence-corrected chi connectivity index (χ3v) is 12.6. The van der Waals surface area contributed by atoms with Crippen LogP contribution >= 0.6 is 11.3 Å². The maximum absolute atomic E-state index is 14.4. The summed E-state index contributed by atoms with van der Waals surface area (Å²) in [5, 5.41) is 20.4. The molecule has 2 aliphatic rings. The van der Waals surface area contributed by atoms with Crippen LogP contribution in [-0.2, 0) is 43.4 Å². The minimum absolute atomic E-state index is 0.00130. The number of hydrogen-bond acceptors (Lipinski definition) is 16. The van der Waals surface area contributed by atoms with Crippen molar-refractivity contribution in [3.63, 3.8) is 0 Å². The number of likely N-dealkylation sites (tertiary alicyclic amines) is 1. The van der Waals surface area contributed by atoms with Gasteiger partial charge in [0, 0.05) is 41.3 Å². The van der Waals surface area contributed by atoms with Crippen molar-refractivity contribution in [2.45, 2.75) is 88.1 Å². The number of pyridine rings is 1. The molecular weight excluding hydrogens is 911 g/mol. The Balaban J connectivity index is 1.20. The predicted octanol–water partition coefficient (Wildman–Crippen LogP) is 4.96. The van der Waals surface area contributed by atoms with E-state index in [4.69, 9.17) is 38.8 Å². The Bertz CT molecular complexity index is 2620. The Hall–Kier alpha value is -6.36. The number of benzene rings is 2. The number of nitrogens with one attached hydrogen (secondary N) is 4. The molecule has 20 nitrogen and oxygen atoms in total. The molecule has 0 unspecified atom stereocenters. The van der Waals surface area contributed by atoms with E-state index < -0.39 is 80.5 Å². The fourth-order valence-electron chi connectivity index (χ4n) is 7.21. The Morgan fingerprint density at radius 1 is 1.03 bits per heavy atom. The van der Waals surface area contributed by atoms with Crippen LogP contribution in [0.1, 0.15) is 53.9 Å². The number of aromatic nitrogens is 2. The summed E-state index contributed by atoms with van der Waals surface area (Å²) in [4.78, 5) is 76.0. The normalized spacial score (nSPS) is 19.1. The molecule has 4 amide bonds. The van der Waals surface area contributed by atoms with Crippen molar-refractivity contribution >= 4 is 72.9 Å². The van der Waals surface area contributed by atoms with Crippen LogP contribution in [0.2, 0.25) is 0 Å². The molecule has 0 bridgehead atoms. The zero-order valence-electron chi connectivity index (χ0n) is 38.0. The first-order valence-electron chi connectivity index (χ1n) is 21.4. The molecule has 360 valence electrons. The standard InChI is InChI=1S/C45H55N7O13S2/c1-8-27-22-45(27,41(57)51-67(59,60)37-12-10-9-11-31(37)48-38(53)24-63-18-17-62-16-15-39(54)55)50-40(56)35-20-29(23-52(35)43(58)65-44(4,5)6)64-36-21-33(34-25-66-42(49-34)46-26(2)3)47-32-19-28(61-7)13-14-30(32)36/h8-14,19,21,25-27,29,35H,1,15-18,20,22-24H2,2-7H3,(H,46,49)(H,48,53)(H,50,56)(H,51,57)(H,54,55)/t27-,29-,35+,45-/m1/s1. The quantitative estimate of drug-likeness (QED) is 0.0546. The third kappa shape index (κ3) is 12.8. The number of carboxylic acids is 1. The van der Waals surface area contributed by atoms with Gasteiger partial charge in [-0.05, 0) is 65.3 Å². The first-order valence-corrected chi connectivity index (χ1v) is 23.7. The second-order valence-corrected chi connectivity index (χ2v) is 19.7. The van der Waals surface area contributed by atoms with Gasteiger partial charge in [0.2, 0.25) is 11.8 Å². The summed E-state index contributed by atoms with van der Waals surface area (Å²) < 4.78 is 57.9. The van der Waals surface area contributed by atoms with Crippen LogP contribution in [0.25, 0.3) is 22.3 Å². The average molecular weight is 966 g/mol. The van der Waals surface area contributed by atoms with Gasteiger partial charge in [0.25, 0.3) is 15.9 Å². The van der Waals surface area contributed by atoms with Gasteiger partial charge in [-0.3, -0.25) is 24.1 Å². The fourth-order valence-corrected chi connectivity index (χ4v) is 9.26. The van der Waals surface area contributed by atoms with Crippen LogP contribution in [0.4, 0.5) is 15.6 Å². The number of carbonyl (C=O) groups excluding carboxylic acids is 4. The molecule has 0 spiro atoms. The van der Waals surface area contributed by atoms with Crippen LogP contribution in [0.15, 0.2) is 71.5 Å². The van der Waals surface area contributed by atoms with E-state index in [1.807, 2.05) is 19.2 Å². The van der Waals surface area contributed by atoms with Gasteiger partial charge in [0.05, 0.1) is 56.8 Å². The van der Waals surface area contributed by atoms with Crippen LogP contribution in [0.3, 0.4) is 0 Å². The van der Waals surface area contributed by atoms with E-state index in [0.717, 1.165) is 0 Å². The lowest BCUT2D eigenvalue weighted by atomic mass is 10.1. The molecule has 1 saturated heterocycles. The molecule has 2 aromatic heterocycles. The fraction of sp³-hybridized carbons (Fsp3) is 0.444. The van der Waals surface area contributed by atoms with Crippen molar-refractivity contribution in [3.05, 3.63) is 66.6 Å². The highest BCUT2D eigenvalue weighted by atomic mass is 32.2. The maximum atomic E-state index is 14.4. The van der Waals surface area contributed by atoms with Crippen molar-refractivity contribution in [2.24, 2.45) is 5.92 Å². The topological polar surface area (TPSA) is 263 Å². The van der Waals surface area contributed by atoms with Crippen LogP contribution in [0, 0.1) is 5.92 Å². The zero-order chi connectivity index (χ0) is 48.7. The summed E-state index contributed by atoms with van der Waals surface area (Å²) in [5.74, 6) is -3.27. The molecule has 5 N–H and O–H groups in total. The number of carbonyl (C=O) groups is 5. The molecule has 2 fully saturated rings. The Labute approximate surface area is 391 Å². The molecule has 4 atom stereocenters. The van der Waals surface area contributed by atoms with Gasteiger partial charge in [0.1, 0.15) is 52.0 Å². The number of rotatable bonds is 21. The monoisotopic (exact) mass is 965 g/mol. The van der Waals surface area contributed by atoms with Crippen molar-refractivity contribution in [1.82, 2.24) is 24.9 Å². The molecule has 6 rings (SSSR count). The number of thiazole rings is 1. The number of amides is 4. The minimum atomic E-state index is -4.68. The summed E-state index contributed by atoms with van der Waals surface area (Å²) in [6, 6.07) is 11.4. The predicted molar refractivity (Wildman–Crippen MR) is 247 cm³/mol. The molecule has 1 aliphatic carbocycles. The first kappa shape index (κ1) is 50.1. The van der Waals surface area contributed by atoms with E-state index >= 15 is 0 Å². The van der Waals surface area contributed by atoms with Crippen molar-refractivity contribution in [3.8, 4) is 22.9 Å². The molecule has 4 aromatic rings. The van der Waals surface area contributed by atoms with Crippen molar-refractivity contribution in [1.29, 1.82) is 0 Å². The average Bonchev–Trinajstić information content (AvgIpc) is 3.52. The summed E-state index contributed by atoms with van der Waals surface area (Å²) in [6.07, 6.45) is -0.380. The number of carboxylic acid groups (broad SMARTS) is 1. The SMILES string of the molecule is C=C[C@@H]1C[C@]1(NC(=O)[C@@H]1C[C@@H](Oc2cc(-c3csc(NC(C)C)n3)nc3cc(OC)ccc23)CN1C(=O)OC(C)(C)C)C(=O)NS(=O)(=O)c1ccccc1NC(=O)COCCOCCC(=O)O. The number of aliphatic carboxylic acids is 1. The number of hydrogen-bond donors (Lipinski definition) is 5. The smallest absolute Gasteiger partial charge is 0.411 e. The Kier molecular flexibility index (Phi) is 15.7. The Morgan fingerprint density at radius 3 is 2.46 bits per heavy atom. The highest BCUT2D eigenvalue weighted by Crippen LogP contribution is 2.45. The molecule has 3 heterocycles. The molecule has 22 heteroatoms. The summed E-state index contributed by atoms with van der Waals surface area (Å²) in [5.41, 5.74) is -1.20. The minimum Gasteiger partial charge on any atom is -0.497 e. The van der Waals surface area contributed by atoms with E-state index in [2.05, 4.69) is 27.3 Å². The molecular formula is C45H55N7O13S2. The van der Waals surface area contributed by atoms with Gasteiger partial charge >= 0.3 is 12.1 Å². The van der Waals surface area contributed by atoms with Crippen molar-refractivity contribution < 1.29 is 61.2 Å². The molecule has 1 aliphatic heterocycles. The molecule has 67 heavy (non-hydrogen) atoms. The van der Waals surface area contributed by atoms with Gasteiger partial charge in [-0.25, -0.2) is 27.9 Å². The maximum Gasteiger partial charge on any atom is 0.411 e. The second kappa shape index (κ2) is 21.1. The highest BCUT2D eigenvalue weighted by Gasteiger charge is 2.61.